The molecule has 2 bridgehead atoms. The highest BCUT2D eigenvalue weighted by molar-refractivity contribution is 5.77. The lowest BCUT2D eigenvalue weighted by molar-refractivity contribution is -0.122. The second-order valence-corrected chi connectivity index (χ2v) is 5.04. The van der Waals surface area contributed by atoms with Gasteiger partial charge in [0.15, 0.2) is 0 Å². The summed E-state index contributed by atoms with van der Waals surface area (Å²) in [5.41, 5.74) is 5.84. The van der Waals surface area contributed by atoms with Crippen LogP contribution in [0.3, 0.4) is 0 Å². The SMILES string of the molecule is CCCC(N)CC(=O)NC1CC2CCC1O2. The Balaban J connectivity index is 1.71. The number of carbonyl (C=O) groups excluding carboxylic acids is 1. The minimum atomic E-state index is 0.00417. The van der Waals surface area contributed by atoms with E-state index in [2.05, 4.69) is 12.2 Å². The molecule has 0 aromatic heterocycles. The maximum Gasteiger partial charge on any atom is 0.221 e. The van der Waals surface area contributed by atoms with E-state index in [9.17, 15) is 4.79 Å². The van der Waals surface area contributed by atoms with Gasteiger partial charge in [-0.25, -0.2) is 0 Å². The summed E-state index contributed by atoms with van der Waals surface area (Å²) in [6.07, 6.45) is 6.28. The molecule has 0 saturated carbocycles. The average molecular weight is 226 g/mol. The predicted molar refractivity (Wildman–Crippen MR) is 61.9 cm³/mol. The van der Waals surface area contributed by atoms with Crippen molar-refractivity contribution in [3.63, 3.8) is 0 Å². The lowest BCUT2D eigenvalue weighted by Gasteiger charge is -2.21. The van der Waals surface area contributed by atoms with Crippen LogP contribution in [0.5, 0.6) is 0 Å². The minimum absolute atomic E-state index is 0.00417. The summed E-state index contributed by atoms with van der Waals surface area (Å²) >= 11 is 0. The molecule has 4 heteroatoms. The van der Waals surface area contributed by atoms with Crippen LogP contribution in [0.1, 0.15) is 45.4 Å². The van der Waals surface area contributed by atoms with Crippen LogP contribution < -0.4 is 11.1 Å². The quantitative estimate of drug-likeness (QED) is 0.733. The number of ether oxygens (including phenoxy) is 1. The maximum atomic E-state index is 11.7. The summed E-state index contributed by atoms with van der Waals surface area (Å²) < 4.78 is 5.69. The van der Waals surface area contributed by atoms with E-state index in [0.29, 0.717) is 12.5 Å². The lowest BCUT2D eigenvalue weighted by atomic mass is 9.95. The second kappa shape index (κ2) is 5.15. The van der Waals surface area contributed by atoms with Gasteiger partial charge in [0.2, 0.25) is 5.91 Å². The van der Waals surface area contributed by atoms with E-state index in [-0.39, 0.29) is 24.1 Å². The van der Waals surface area contributed by atoms with Crippen LogP contribution >= 0.6 is 0 Å². The Bertz CT molecular complexity index is 257. The van der Waals surface area contributed by atoms with Gasteiger partial charge in [0.25, 0.3) is 0 Å². The molecule has 92 valence electrons. The number of nitrogens with one attached hydrogen (secondary N) is 1. The Hall–Kier alpha value is -0.610. The van der Waals surface area contributed by atoms with Crippen molar-refractivity contribution in [3.8, 4) is 0 Å². The molecular weight excluding hydrogens is 204 g/mol. The van der Waals surface area contributed by atoms with Crippen LogP contribution in [0.25, 0.3) is 0 Å². The van der Waals surface area contributed by atoms with E-state index in [4.69, 9.17) is 10.5 Å². The Kier molecular flexibility index (Phi) is 3.82. The molecule has 3 N–H and O–H groups in total. The minimum Gasteiger partial charge on any atom is -0.373 e. The monoisotopic (exact) mass is 226 g/mol. The molecule has 4 atom stereocenters. The number of amides is 1. The highest BCUT2D eigenvalue weighted by atomic mass is 16.5. The number of hydrogen-bond acceptors (Lipinski definition) is 3. The summed E-state index contributed by atoms with van der Waals surface area (Å²) in [6, 6.07) is 0.240. The van der Waals surface area contributed by atoms with Crippen LogP contribution in [0.2, 0.25) is 0 Å². The van der Waals surface area contributed by atoms with E-state index in [1.807, 2.05) is 0 Å². The summed E-state index contributed by atoms with van der Waals surface area (Å²) in [6.45, 7) is 2.08. The molecule has 2 fully saturated rings. The molecule has 0 radical (unpaired) electrons. The van der Waals surface area contributed by atoms with Crippen molar-refractivity contribution in [3.05, 3.63) is 0 Å². The molecule has 1 amide bonds. The summed E-state index contributed by atoms with van der Waals surface area (Å²) in [5.74, 6) is 0.0853. The van der Waals surface area contributed by atoms with E-state index in [1.54, 1.807) is 0 Å². The van der Waals surface area contributed by atoms with Crippen LogP contribution in [0.4, 0.5) is 0 Å². The third-order valence-electron chi connectivity index (χ3n) is 3.56. The van der Waals surface area contributed by atoms with Crippen LogP contribution in [0, 0.1) is 0 Å². The first-order valence-corrected chi connectivity index (χ1v) is 6.39. The zero-order valence-corrected chi connectivity index (χ0v) is 9.95. The number of hydrogen-bond donors (Lipinski definition) is 2. The first-order valence-electron chi connectivity index (χ1n) is 6.39. The number of nitrogens with two attached hydrogens (primary N) is 1. The van der Waals surface area contributed by atoms with Gasteiger partial charge >= 0.3 is 0 Å². The van der Waals surface area contributed by atoms with Crippen LogP contribution in [-0.4, -0.2) is 30.2 Å². The van der Waals surface area contributed by atoms with Crippen LogP contribution in [0.15, 0.2) is 0 Å². The maximum absolute atomic E-state index is 11.7. The molecule has 2 aliphatic rings. The molecule has 4 unspecified atom stereocenters. The van der Waals surface area contributed by atoms with Crippen molar-refractivity contribution in [2.75, 3.05) is 0 Å². The van der Waals surface area contributed by atoms with Gasteiger partial charge in [0, 0.05) is 12.5 Å². The molecule has 0 aliphatic carbocycles. The van der Waals surface area contributed by atoms with E-state index in [1.165, 1.54) is 0 Å². The standard InChI is InChI=1S/C12H22N2O2/c1-2-3-8(13)6-12(15)14-10-7-9-4-5-11(10)16-9/h8-11H,2-7,13H2,1H3,(H,14,15). The molecule has 2 saturated heterocycles. The van der Waals surface area contributed by atoms with Gasteiger partial charge in [0.05, 0.1) is 18.2 Å². The van der Waals surface area contributed by atoms with Crippen LogP contribution in [-0.2, 0) is 9.53 Å². The third kappa shape index (κ3) is 2.74. The molecule has 0 aromatic rings. The third-order valence-corrected chi connectivity index (χ3v) is 3.56. The first kappa shape index (κ1) is 11.9. The average Bonchev–Trinajstić information content (AvgIpc) is 2.78. The summed E-state index contributed by atoms with van der Waals surface area (Å²) in [5, 5.41) is 3.06. The Labute approximate surface area is 96.9 Å². The van der Waals surface area contributed by atoms with Gasteiger partial charge < -0.3 is 15.8 Å². The normalized spacial score (nSPS) is 34.0. The topological polar surface area (TPSA) is 64.4 Å². The molecule has 0 spiro atoms. The fourth-order valence-corrected chi connectivity index (χ4v) is 2.77. The predicted octanol–water partition coefficient (Wildman–Crippen LogP) is 0.940. The first-order chi connectivity index (χ1) is 7.69. The fraction of sp³-hybridized carbons (Fsp3) is 0.917. The highest BCUT2D eigenvalue weighted by Gasteiger charge is 2.41. The van der Waals surface area contributed by atoms with Crippen molar-refractivity contribution in [2.45, 2.75) is 69.7 Å². The van der Waals surface area contributed by atoms with Gasteiger partial charge in [0.1, 0.15) is 0 Å². The van der Waals surface area contributed by atoms with Crippen molar-refractivity contribution < 1.29 is 9.53 Å². The largest absolute Gasteiger partial charge is 0.373 e. The van der Waals surface area contributed by atoms with Crippen molar-refractivity contribution in [1.29, 1.82) is 0 Å². The molecule has 4 nitrogen and oxygen atoms in total. The smallest absolute Gasteiger partial charge is 0.221 e. The van der Waals surface area contributed by atoms with Gasteiger partial charge in [-0.05, 0) is 25.7 Å². The van der Waals surface area contributed by atoms with E-state index >= 15 is 0 Å². The van der Waals surface area contributed by atoms with Gasteiger partial charge in [-0.15, -0.1) is 0 Å². The van der Waals surface area contributed by atoms with Crippen molar-refractivity contribution in [1.82, 2.24) is 5.32 Å². The Morgan fingerprint density at radius 2 is 2.38 bits per heavy atom. The molecule has 2 rings (SSSR count). The molecular formula is C12H22N2O2. The molecule has 2 aliphatic heterocycles. The summed E-state index contributed by atoms with van der Waals surface area (Å²) in [7, 11) is 0. The molecule has 2 heterocycles. The number of rotatable bonds is 5. The lowest BCUT2D eigenvalue weighted by Crippen LogP contribution is -2.43. The van der Waals surface area contributed by atoms with Gasteiger partial charge in [-0.3, -0.25) is 4.79 Å². The fourth-order valence-electron chi connectivity index (χ4n) is 2.77. The summed E-state index contributed by atoms with van der Waals surface area (Å²) in [4.78, 5) is 11.7. The molecule has 0 aromatic carbocycles. The van der Waals surface area contributed by atoms with E-state index < -0.39 is 0 Å². The zero-order valence-electron chi connectivity index (χ0n) is 9.95. The highest BCUT2D eigenvalue weighted by Crippen LogP contribution is 2.34. The van der Waals surface area contributed by atoms with Gasteiger partial charge in [-0.1, -0.05) is 13.3 Å². The van der Waals surface area contributed by atoms with Crippen molar-refractivity contribution >= 4 is 5.91 Å². The van der Waals surface area contributed by atoms with E-state index in [0.717, 1.165) is 32.1 Å². The van der Waals surface area contributed by atoms with Gasteiger partial charge in [-0.2, -0.15) is 0 Å². The molecule has 16 heavy (non-hydrogen) atoms. The van der Waals surface area contributed by atoms with Crippen molar-refractivity contribution in [2.24, 2.45) is 5.73 Å². The second-order valence-electron chi connectivity index (χ2n) is 5.04. The Morgan fingerprint density at radius 1 is 1.56 bits per heavy atom. The zero-order chi connectivity index (χ0) is 11.5. The Morgan fingerprint density at radius 3 is 2.94 bits per heavy atom. The number of fused-ring (bicyclic) bond motifs is 2. The number of carbonyl (C=O) groups is 1.